The Kier molecular flexibility index (Phi) is 2.78. The van der Waals surface area contributed by atoms with E-state index in [4.69, 9.17) is 5.73 Å². The first kappa shape index (κ1) is 8.01. The van der Waals surface area contributed by atoms with Crippen molar-refractivity contribution in [1.29, 1.82) is 0 Å². The number of carbonyl (C=O) groups is 1. The van der Waals surface area contributed by atoms with Crippen LogP contribution in [0.2, 0.25) is 0 Å². The Bertz CT molecular complexity index is 129. The van der Waals surface area contributed by atoms with E-state index in [0.717, 1.165) is 0 Å². The second-order valence-electron chi connectivity index (χ2n) is 2.15. The van der Waals surface area contributed by atoms with Gasteiger partial charge in [0.2, 0.25) is 0 Å². The summed E-state index contributed by atoms with van der Waals surface area (Å²) in [5.74, 6) is -0.287. The van der Waals surface area contributed by atoms with Crippen LogP contribution >= 0.6 is 0 Å². The van der Waals surface area contributed by atoms with Crippen LogP contribution in [0.1, 0.15) is 13.8 Å². The van der Waals surface area contributed by atoms with Crippen LogP contribution in [-0.2, 0) is 4.79 Å². The van der Waals surface area contributed by atoms with Gasteiger partial charge in [-0.1, -0.05) is 6.58 Å². The van der Waals surface area contributed by atoms with Gasteiger partial charge in [0.05, 0.1) is 5.70 Å². The topological polar surface area (TPSA) is 55.1 Å². The fourth-order valence-electron chi connectivity index (χ4n) is 0.355. The van der Waals surface area contributed by atoms with Crippen LogP contribution in [0.5, 0.6) is 0 Å². The number of amides is 1. The maximum absolute atomic E-state index is 10.6. The van der Waals surface area contributed by atoms with Crippen molar-refractivity contribution in [2.24, 2.45) is 5.73 Å². The van der Waals surface area contributed by atoms with Gasteiger partial charge in [-0.05, 0) is 13.8 Å². The van der Waals surface area contributed by atoms with E-state index in [1.165, 1.54) is 0 Å². The largest absolute Gasteiger partial charge is 0.395 e. The van der Waals surface area contributed by atoms with Gasteiger partial charge in [-0.15, -0.1) is 0 Å². The highest BCUT2D eigenvalue weighted by Gasteiger charge is 2.01. The van der Waals surface area contributed by atoms with E-state index in [-0.39, 0.29) is 17.6 Å². The number of hydrogen-bond donors (Lipinski definition) is 2. The fourth-order valence-corrected chi connectivity index (χ4v) is 0.355. The third-order valence-electron chi connectivity index (χ3n) is 0.711. The molecule has 3 heteroatoms. The zero-order valence-electron chi connectivity index (χ0n) is 5.77. The Labute approximate surface area is 54.9 Å². The van der Waals surface area contributed by atoms with Crippen LogP contribution in [0.15, 0.2) is 12.3 Å². The predicted octanol–water partition coefficient (Wildman–Crippen LogP) is -0.0166. The number of carbonyl (C=O) groups excluding carboxylic acids is 1. The summed E-state index contributed by atoms with van der Waals surface area (Å²) in [7, 11) is 0. The number of hydrogen-bond acceptors (Lipinski definition) is 2. The molecule has 0 aromatic carbocycles. The van der Waals surface area contributed by atoms with Crippen LogP contribution in [0.3, 0.4) is 0 Å². The van der Waals surface area contributed by atoms with Crippen molar-refractivity contribution in [3.05, 3.63) is 12.3 Å². The molecule has 0 rings (SSSR count). The van der Waals surface area contributed by atoms with Crippen molar-refractivity contribution >= 4 is 5.91 Å². The molecular formula is C6H12N2O. The number of nitrogens with one attached hydrogen (secondary N) is 1. The van der Waals surface area contributed by atoms with Gasteiger partial charge < -0.3 is 11.1 Å². The summed E-state index contributed by atoms with van der Waals surface area (Å²) in [5.41, 5.74) is 5.14. The molecule has 0 atom stereocenters. The first-order valence-corrected chi connectivity index (χ1v) is 2.79. The van der Waals surface area contributed by atoms with Crippen LogP contribution in [0, 0.1) is 0 Å². The predicted molar refractivity (Wildman–Crippen MR) is 36.6 cm³/mol. The molecule has 0 saturated heterocycles. The molecule has 0 heterocycles. The van der Waals surface area contributed by atoms with E-state index < -0.39 is 0 Å². The standard InChI is InChI=1S/C6H12N2O/c1-4(2)8-6(9)5(3)7/h4H,3,7H2,1-2H3,(H,8,9). The molecule has 9 heavy (non-hydrogen) atoms. The molecule has 3 N–H and O–H groups in total. The van der Waals surface area contributed by atoms with Crippen molar-refractivity contribution in [1.82, 2.24) is 5.32 Å². The van der Waals surface area contributed by atoms with Gasteiger partial charge in [0.15, 0.2) is 0 Å². The van der Waals surface area contributed by atoms with Gasteiger partial charge >= 0.3 is 0 Å². The summed E-state index contributed by atoms with van der Waals surface area (Å²) in [6.07, 6.45) is 0. The molecule has 52 valence electrons. The molecule has 0 radical (unpaired) electrons. The van der Waals surface area contributed by atoms with Gasteiger partial charge in [-0.25, -0.2) is 0 Å². The maximum Gasteiger partial charge on any atom is 0.266 e. The Morgan fingerprint density at radius 2 is 2.11 bits per heavy atom. The molecule has 0 aliphatic heterocycles. The normalized spacial score (nSPS) is 9.22. The first-order valence-electron chi connectivity index (χ1n) is 2.79. The lowest BCUT2D eigenvalue weighted by molar-refractivity contribution is -0.118. The van der Waals surface area contributed by atoms with Gasteiger partial charge in [0, 0.05) is 6.04 Å². The molecule has 0 aliphatic rings. The van der Waals surface area contributed by atoms with Crippen molar-refractivity contribution in [2.75, 3.05) is 0 Å². The molecule has 0 bridgehead atoms. The molecule has 0 aromatic rings. The van der Waals surface area contributed by atoms with Gasteiger partial charge in [0.1, 0.15) is 0 Å². The molecule has 0 spiro atoms. The Balaban J connectivity index is 3.65. The Morgan fingerprint density at radius 1 is 1.67 bits per heavy atom. The van der Waals surface area contributed by atoms with E-state index in [2.05, 4.69) is 11.9 Å². The highest BCUT2D eigenvalue weighted by atomic mass is 16.2. The van der Waals surface area contributed by atoms with Crippen molar-refractivity contribution in [2.45, 2.75) is 19.9 Å². The molecular weight excluding hydrogens is 116 g/mol. The minimum absolute atomic E-state index is 0.0590. The zero-order chi connectivity index (χ0) is 7.44. The summed E-state index contributed by atoms with van der Waals surface area (Å²) in [5, 5.41) is 2.58. The lowest BCUT2D eigenvalue weighted by atomic mass is 10.3. The number of nitrogens with two attached hydrogens (primary N) is 1. The van der Waals surface area contributed by atoms with Gasteiger partial charge in [-0.3, -0.25) is 4.79 Å². The summed E-state index contributed by atoms with van der Waals surface area (Å²) in [6, 6.07) is 0.123. The van der Waals surface area contributed by atoms with E-state index in [1.807, 2.05) is 13.8 Å². The lowest BCUT2D eigenvalue weighted by Crippen LogP contribution is -2.33. The smallest absolute Gasteiger partial charge is 0.266 e. The van der Waals surface area contributed by atoms with Crippen LogP contribution in [0.4, 0.5) is 0 Å². The van der Waals surface area contributed by atoms with Gasteiger partial charge in [0.25, 0.3) is 5.91 Å². The Hall–Kier alpha value is -0.990. The fraction of sp³-hybridized carbons (Fsp3) is 0.500. The minimum Gasteiger partial charge on any atom is -0.395 e. The second kappa shape index (κ2) is 3.12. The molecule has 0 fully saturated rings. The third-order valence-corrected chi connectivity index (χ3v) is 0.711. The minimum atomic E-state index is -0.287. The zero-order valence-corrected chi connectivity index (χ0v) is 5.77. The van der Waals surface area contributed by atoms with Crippen molar-refractivity contribution in [3.63, 3.8) is 0 Å². The third kappa shape index (κ3) is 3.58. The lowest BCUT2D eigenvalue weighted by Gasteiger charge is -2.06. The van der Waals surface area contributed by atoms with E-state index in [9.17, 15) is 4.79 Å². The molecule has 3 nitrogen and oxygen atoms in total. The molecule has 0 saturated carbocycles. The monoisotopic (exact) mass is 128 g/mol. The van der Waals surface area contributed by atoms with Crippen LogP contribution in [-0.4, -0.2) is 11.9 Å². The SMILES string of the molecule is C=C(N)C(=O)NC(C)C. The van der Waals surface area contributed by atoms with Crippen molar-refractivity contribution < 1.29 is 4.79 Å². The average Bonchev–Trinajstić information content (AvgIpc) is 1.63. The first-order chi connectivity index (χ1) is 4.04. The summed E-state index contributed by atoms with van der Waals surface area (Å²) in [6.45, 7) is 7.00. The van der Waals surface area contributed by atoms with E-state index in [1.54, 1.807) is 0 Å². The highest BCUT2D eigenvalue weighted by molar-refractivity contribution is 5.91. The molecule has 0 unspecified atom stereocenters. The molecule has 0 aliphatic carbocycles. The average molecular weight is 128 g/mol. The Morgan fingerprint density at radius 3 is 2.22 bits per heavy atom. The second-order valence-corrected chi connectivity index (χ2v) is 2.15. The number of rotatable bonds is 2. The quantitative estimate of drug-likeness (QED) is 0.514. The van der Waals surface area contributed by atoms with Gasteiger partial charge in [-0.2, -0.15) is 0 Å². The summed E-state index contributed by atoms with van der Waals surface area (Å²) in [4.78, 5) is 10.6. The van der Waals surface area contributed by atoms with E-state index >= 15 is 0 Å². The summed E-state index contributed by atoms with van der Waals surface area (Å²) < 4.78 is 0. The van der Waals surface area contributed by atoms with Crippen LogP contribution in [0.25, 0.3) is 0 Å². The molecule has 0 aromatic heterocycles. The maximum atomic E-state index is 10.6. The highest BCUT2D eigenvalue weighted by Crippen LogP contribution is 1.80. The summed E-state index contributed by atoms with van der Waals surface area (Å²) >= 11 is 0. The van der Waals surface area contributed by atoms with Crippen molar-refractivity contribution in [3.8, 4) is 0 Å². The van der Waals surface area contributed by atoms with E-state index in [0.29, 0.717) is 0 Å². The molecule has 1 amide bonds. The van der Waals surface area contributed by atoms with Crippen LogP contribution < -0.4 is 11.1 Å².